The van der Waals surface area contributed by atoms with Crippen LogP contribution in [0, 0.1) is 0 Å². The Morgan fingerprint density at radius 1 is 1.56 bits per heavy atom. The largest absolute Gasteiger partial charge is 0.314 e. The van der Waals surface area contributed by atoms with Crippen molar-refractivity contribution in [2.45, 2.75) is 18.6 Å². The molecule has 0 saturated heterocycles. The van der Waals surface area contributed by atoms with Crippen molar-refractivity contribution < 1.29 is 0 Å². The molecule has 2 aromatic heterocycles. The molecule has 2 rings (SSSR count). The zero-order valence-electron chi connectivity index (χ0n) is 8.90. The van der Waals surface area contributed by atoms with E-state index in [0.717, 1.165) is 4.47 Å². The molecule has 0 atom stereocenters. The summed E-state index contributed by atoms with van der Waals surface area (Å²) in [5, 5.41) is 1.22. The minimum atomic E-state index is -0.0478. The molecule has 6 heteroatoms. The summed E-state index contributed by atoms with van der Waals surface area (Å²) in [5.41, 5.74) is 0.627. The number of halogens is 1. The van der Waals surface area contributed by atoms with Gasteiger partial charge in [0.1, 0.15) is 0 Å². The van der Waals surface area contributed by atoms with E-state index in [1.165, 1.54) is 11.8 Å². The van der Waals surface area contributed by atoms with Gasteiger partial charge in [0, 0.05) is 18.9 Å². The number of nitrogens with zero attached hydrogens (tertiary/aromatic N) is 3. The Morgan fingerprint density at radius 3 is 2.94 bits per heavy atom. The number of hydrogen-bond donors (Lipinski definition) is 0. The lowest BCUT2D eigenvalue weighted by Crippen LogP contribution is -2.19. The van der Waals surface area contributed by atoms with Crippen molar-refractivity contribution in [3.05, 3.63) is 27.2 Å². The van der Waals surface area contributed by atoms with Crippen molar-refractivity contribution in [2.24, 2.45) is 0 Å². The van der Waals surface area contributed by atoms with E-state index in [0.29, 0.717) is 22.6 Å². The molecule has 0 bridgehead atoms. The predicted molar refractivity (Wildman–Crippen MR) is 69.0 cm³/mol. The van der Waals surface area contributed by atoms with E-state index < -0.39 is 0 Å². The first-order chi connectivity index (χ1) is 7.67. The average molecular weight is 300 g/mol. The monoisotopic (exact) mass is 299 g/mol. The third kappa shape index (κ3) is 1.87. The number of aromatic nitrogens is 3. The van der Waals surface area contributed by atoms with Gasteiger partial charge in [-0.15, -0.1) is 0 Å². The minimum Gasteiger partial charge on any atom is -0.314 e. The van der Waals surface area contributed by atoms with Gasteiger partial charge < -0.3 is 4.57 Å². The highest BCUT2D eigenvalue weighted by Crippen LogP contribution is 2.20. The number of fused-ring (bicyclic) bond motifs is 1. The van der Waals surface area contributed by atoms with Crippen LogP contribution in [0.4, 0.5) is 0 Å². The third-order valence-corrected chi connectivity index (χ3v) is 3.42. The molecule has 0 saturated carbocycles. The van der Waals surface area contributed by atoms with Crippen LogP contribution < -0.4 is 5.56 Å². The van der Waals surface area contributed by atoms with Crippen molar-refractivity contribution in [1.29, 1.82) is 0 Å². The summed E-state index contributed by atoms with van der Waals surface area (Å²) in [6.45, 7) is 2.56. The molecule has 0 unspecified atom stereocenters. The highest BCUT2D eigenvalue weighted by molar-refractivity contribution is 9.10. The molecule has 0 aromatic carbocycles. The van der Waals surface area contributed by atoms with Crippen LogP contribution in [0.1, 0.15) is 6.92 Å². The normalized spacial score (nSPS) is 10.9. The Bertz CT molecular complexity index is 596. The molecule has 4 nitrogen and oxygen atoms in total. The fourth-order valence-electron chi connectivity index (χ4n) is 1.45. The first-order valence-electron chi connectivity index (χ1n) is 4.77. The van der Waals surface area contributed by atoms with Gasteiger partial charge in [0.15, 0.2) is 5.16 Å². The maximum atomic E-state index is 12.0. The summed E-state index contributed by atoms with van der Waals surface area (Å²) in [7, 11) is 0. The standard InChI is InChI=1S/C10H10BrN3OS/c1-3-14-5-7(11)8-6(9(14)15)4-12-10(13-8)16-2/h4-5H,3H2,1-2H3. The van der Waals surface area contributed by atoms with Gasteiger partial charge in [0.05, 0.1) is 15.4 Å². The lowest BCUT2D eigenvalue weighted by atomic mass is 10.3. The number of hydrogen-bond acceptors (Lipinski definition) is 4. The van der Waals surface area contributed by atoms with Crippen LogP contribution in [0.25, 0.3) is 10.9 Å². The van der Waals surface area contributed by atoms with Gasteiger partial charge in [-0.05, 0) is 29.1 Å². The molecule has 0 amide bonds. The van der Waals surface area contributed by atoms with Gasteiger partial charge in [-0.1, -0.05) is 11.8 Å². The highest BCUT2D eigenvalue weighted by atomic mass is 79.9. The number of pyridine rings is 1. The van der Waals surface area contributed by atoms with E-state index in [4.69, 9.17) is 0 Å². The molecule has 0 aliphatic rings. The fourth-order valence-corrected chi connectivity index (χ4v) is 2.34. The number of thioether (sulfide) groups is 1. The maximum absolute atomic E-state index is 12.0. The summed E-state index contributed by atoms with van der Waals surface area (Å²) < 4.78 is 2.45. The van der Waals surface area contributed by atoms with Gasteiger partial charge in [0.25, 0.3) is 5.56 Å². The van der Waals surface area contributed by atoms with Crippen LogP contribution in [0.3, 0.4) is 0 Å². The molecule has 0 aliphatic carbocycles. The van der Waals surface area contributed by atoms with Crippen molar-refractivity contribution in [2.75, 3.05) is 6.26 Å². The lowest BCUT2D eigenvalue weighted by Gasteiger charge is -2.06. The molecule has 0 spiro atoms. The maximum Gasteiger partial charge on any atom is 0.261 e. The fraction of sp³-hybridized carbons (Fsp3) is 0.300. The molecular formula is C10H10BrN3OS. The topological polar surface area (TPSA) is 47.8 Å². The van der Waals surface area contributed by atoms with Crippen LogP contribution in [0.15, 0.2) is 26.8 Å². The van der Waals surface area contributed by atoms with Crippen molar-refractivity contribution in [1.82, 2.24) is 14.5 Å². The van der Waals surface area contributed by atoms with E-state index in [1.54, 1.807) is 17.0 Å². The van der Waals surface area contributed by atoms with E-state index in [1.807, 2.05) is 13.2 Å². The van der Waals surface area contributed by atoms with Gasteiger partial charge in [0.2, 0.25) is 0 Å². The second-order valence-electron chi connectivity index (χ2n) is 3.19. The Kier molecular flexibility index (Phi) is 3.30. The van der Waals surface area contributed by atoms with Crippen molar-refractivity contribution in [3.8, 4) is 0 Å². The van der Waals surface area contributed by atoms with Crippen LogP contribution in [0.2, 0.25) is 0 Å². The van der Waals surface area contributed by atoms with Gasteiger partial charge in [-0.25, -0.2) is 9.97 Å². The summed E-state index contributed by atoms with van der Waals surface area (Å²) in [5.74, 6) is 0. The zero-order valence-corrected chi connectivity index (χ0v) is 11.3. The zero-order chi connectivity index (χ0) is 11.7. The molecule has 0 N–H and O–H groups in total. The molecule has 16 heavy (non-hydrogen) atoms. The van der Waals surface area contributed by atoms with Crippen LogP contribution >= 0.6 is 27.7 Å². The second-order valence-corrected chi connectivity index (χ2v) is 4.81. The minimum absolute atomic E-state index is 0.0478. The number of rotatable bonds is 2. The first kappa shape index (κ1) is 11.6. The first-order valence-corrected chi connectivity index (χ1v) is 6.78. The Hall–Kier alpha value is -0.880. The second kappa shape index (κ2) is 4.55. The number of aryl methyl sites for hydroxylation is 1. The summed E-state index contributed by atoms with van der Waals surface area (Å²) in [6, 6.07) is 0. The van der Waals surface area contributed by atoms with Crippen LogP contribution in [-0.4, -0.2) is 20.8 Å². The Morgan fingerprint density at radius 2 is 2.31 bits per heavy atom. The quantitative estimate of drug-likeness (QED) is 0.631. The molecule has 0 aliphatic heterocycles. The summed E-state index contributed by atoms with van der Waals surface area (Å²) in [6.07, 6.45) is 5.26. The van der Waals surface area contributed by atoms with E-state index in [9.17, 15) is 4.79 Å². The predicted octanol–water partition coefficient (Wildman–Crippen LogP) is 2.30. The van der Waals surface area contributed by atoms with Gasteiger partial charge in [-0.2, -0.15) is 0 Å². The van der Waals surface area contributed by atoms with Crippen LogP contribution in [-0.2, 0) is 6.54 Å². The van der Waals surface area contributed by atoms with Gasteiger partial charge in [-0.3, -0.25) is 4.79 Å². The lowest BCUT2D eigenvalue weighted by molar-refractivity contribution is 0.730. The molecule has 84 valence electrons. The Labute approximate surface area is 105 Å². The third-order valence-electron chi connectivity index (χ3n) is 2.28. The SMILES string of the molecule is CCn1cc(Br)c2nc(SC)ncc2c1=O. The Balaban J connectivity index is 2.84. The van der Waals surface area contributed by atoms with E-state index in [2.05, 4.69) is 25.9 Å². The molecule has 0 fully saturated rings. The molecular weight excluding hydrogens is 290 g/mol. The van der Waals surface area contributed by atoms with Crippen LogP contribution in [0.5, 0.6) is 0 Å². The summed E-state index contributed by atoms with van der Waals surface area (Å²) in [4.78, 5) is 20.4. The smallest absolute Gasteiger partial charge is 0.261 e. The van der Waals surface area contributed by atoms with Crippen molar-refractivity contribution in [3.63, 3.8) is 0 Å². The summed E-state index contributed by atoms with van der Waals surface area (Å²) >= 11 is 4.88. The van der Waals surface area contributed by atoms with E-state index in [-0.39, 0.29) is 5.56 Å². The van der Waals surface area contributed by atoms with Crippen molar-refractivity contribution >= 4 is 38.6 Å². The molecule has 2 aromatic rings. The highest BCUT2D eigenvalue weighted by Gasteiger charge is 2.09. The molecule has 2 heterocycles. The van der Waals surface area contributed by atoms with Gasteiger partial charge >= 0.3 is 0 Å². The average Bonchev–Trinajstić information content (AvgIpc) is 2.33. The van der Waals surface area contributed by atoms with E-state index >= 15 is 0 Å². The molecule has 0 radical (unpaired) electrons.